The Morgan fingerprint density at radius 3 is 2.68 bits per heavy atom. The van der Waals surface area contributed by atoms with Crippen molar-refractivity contribution in [2.45, 2.75) is 39.7 Å². The fourth-order valence-corrected chi connectivity index (χ4v) is 3.29. The van der Waals surface area contributed by atoms with Gasteiger partial charge in [-0.1, -0.05) is 19.1 Å². The summed E-state index contributed by atoms with van der Waals surface area (Å²) in [6, 6.07) is 6.31. The SMILES string of the molecule is Cc1ccc(CN(C)C)cc1NC(=O)CC(C)C1CCCNC1.Cl.Cl. The quantitative estimate of drug-likeness (QED) is 0.775. The monoisotopic (exact) mass is 389 g/mol. The normalized spacial score (nSPS) is 18.0. The summed E-state index contributed by atoms with van der Waals surface area (Å²) >= 11 is 0. The van der Waals surface area contributed by atoms with Gasteiger partial charge in [-0.2, -0.15) is 0 Å². The molecule has 2 N–H and O–H groups in total. The number of amides is 1. The number of carbonyl (C=O) groups is 1. The predicted octanol–water partition coefficient (Wildman–Crippen LogP) is 3.86. The number of rotatable bonds is 6. The predicted molar refractivity (Wildman–Crippen MR) is 111 cm³/mol. The molecule has 1 aromatic carbocycles. The molecule has 1 aliphatic heterocycles. The first-order valence-electron chi connectivity index (χ1n) is 8.70. The van der Waals surface area contributed by atoms with Crippen LogP contribution in [0.25, 0.3) is 0 Å². The van der Waals surface area contributed by atoms with Crippen LogP contribution in [0.5, 0.6) is 0 Å². The molecule has 0 saturated carbocycles. The van der Waals surface area contributed by atoms with Crippen molar-refractivity contribution in [3.63, 3.8) is 0 Å². The smallest absolute Gasteiger partial charge is 0.224 e. The second-order valence-electron chi connectivity index (χ2n) is 7.22. The molecule has 1 amide bonds. The Bertz CT molecular complexity index is 531. The average Bonchev–Trinajstić information content (AvgIpc) is 2.51. The van der Waals surface area contributed by atoms with E-state index in [-0.39, 0.29) is 30.7 Å². The molecule has 144 valence electrons. The van der Waals surface area contributed by atoms with Gasteiger partial charge in [-0.15, -0.1) is 24.8 Å². The zero-order valence-corrected chi connectivity index (χ0v) is 17.4. The van der Waals surface area contributed by atoms with Gasteiger partial charge in [0.25, 0.3) is 0 Å². The first kappa shape index (κ1) is 24.2. The maximum absolute atomic E-state index is 12.4. The van der Waals surface area contributed by atoms with Gasteiger partial charge >= 0.3 is 0 Å². The standard InChI is InChI=1S/C19H31N3O.2ClH/c1-14-7-8-16(13-22(3)4)11-18(14)21-19(23)10-15(2)17-6-5-9-20-12-17;;/h7-8,11,15,17,20H,5-6,9-10,12-13H2,1-4H3,(H,21,23);2*1H. The number of nitrogens with zero attached hydrogens (tertiary/aromatic N) is 1. The van der Waals surface area contributed by atoms with Crippen molar-refractivity contribution in [1.82, 2.24) is 10.2 Å². The van der Waals surface area contributed by atoms with Crippen LogP contribution in [-0.2, 0) is 11.3 Å². The number of benzene rings is 1. The van der Waals surface area contributed by atoms with Gasteiger partial charge in [0.15, 0.2) is 0 Å². The summed E-state index contributed by atoms with van der Waals surface area (Å²) < 4.78 is 0. The van der Waals surface area contributed by atoms with E-state index in [2.05, 4.69) is 54.8 Å². The number of halogens is 2. The fraction of sp³-hybridized carbons (Fsp3) is 0.632. The summed E-state index contributed by atoms with van der Waals surface area (Å²) in [7, 11) is 4.11. The van der Waals surface area contributed by atoms with Crippen molar-refractivity contribution < 1.29 is 4.79 Å². The molecule has 2 rings (SSSR count). The molecule has 25 heavy (non-hydrogen) atoms. The van der Waals surface area contributed by atoms with Crippen molar-refractivity contribution in [3.8, 4) is 0 Å². The van der Waals surface area contributed by atoms with Gasteiger partial charge in [0.05, 0.1) is 0 Å². The summed E-state index contributed by atoms with van der Waals surface area (Å²) in [4.78, 5) is 14.5. The molecule has 0 aliphatic carbocycles. The molecule has 6 heteroatoms. The number of anilines is 1. The van der Waals surface area contributed by atoms with Crippen LogP contribution >= 0.6 is 24.8 Å². The van der Waals surface area contributed by atoms with E-state index < -0.39 is 0 Å². The Morgan fingerprint density at radius 1 is 1.36 bits per heavy atom. The molecule has 1 aromatic rings. The Morgan fingerprint density at radius 2 is 2.08 bits per heavy atom. The van der Waals surface area contributed by atoms with Crippen molar-refractivity contribution >= 4 is 36.4 Å². The highest BCUT2D eigenvalue weighted by Crippen LogP contribution is 2.24. The lowest BCUT2D eigenvalue weighted by atomic mass is 9.85. The van der Waals surface area contributed by atoms with Gasteiger partial charge in [-0.25, -0.2) is 0 Å². The van der Waals surface area contributed by atoms with Crippen LogP contribution in [0.4, 0.5) is 5.69 Å². The number of nitrogens with one attached hydrogen (secondary N) is 2. The van der Waals surface area contributed by atoms with Gasteiger partial charge in [0.2, 0.25) is 5.91 Å². The molecule has 2 atom stereocenters. The molecule has 4 nitrogen and oxygen atoms in total. The molecule has 0 aromatic heterocycles. The highest BCUT2D eigenvalue weighted by Gasteiger charge is 2.22. The second kappa shape index (κ2) is 11.7. The van der Waals surface area contributed by atoms with Crippen LogP contribution in [0, 0.1) is 18.8 Å². The van der Waals surface area contributed by atoms with Crippen LogP contribution in [0.15, 0.2) is 18.2 Å². The van der Waals surface area contributed by atoms with Crippen LogP contribution < -0.4 is 10.6 Å². The highest BCUT2D eigenvalue weighted by molar-refractivity contribution is 5.91. The largest absolute Gasteiger partial charge is 0.326 e. The first-order chi connectivity index (χ1) is 11.0. The summed E-state index contributed by atoms with van der Waals surface area (Å²) in [5.74, 6) is 1.18. The van der Waals surface area contributed by atoms with Crippen LogP contribution in [0.1, 0.15) is 37.3 Å². The van der Waals surface area contributed by atoms with Crippen LogP contribution in [0.2, 0.25) is 0 Å². The van der Waals surface area contributed by atoms with E-state index in [1.807, 2.05) is 6.92 Å². The molecule has 0 bridgehead atoms. The first-order valence-corrected chi connectivity index (χ1v) is 8.70. The van der Waals surface area contributed by atoms with Gasteiger partial charge in [-0.05, 0) is 76.0 Å². The van der Waals surface area contributed by atoms with Crippen molar-refractivity contribution in [2.75, 3.05) is 32.5 Å². The third-order valence-corrected chi connectivity index (χ3v) is 4.72. The molecule has 0 radical (unpaired) electrons. The van der Waals surface area contributed by atoms with Gasteiger partial charge < -0.3 is 15.5 Å². The maximum atomic E-state index is 12.4. The number of aryl methyl sites for hydroxylation is 1. The number of piperidine rings is 1. The minimum Gasteiger partial charge on any atom is -0.326 e. The Kier molecular flexibility index (Phi) is 11.4. The van der Waals surface area contributed by atoms with E-state index in [0.29, 0.717) is 18.3 Å². The van der Waals surface area contributed by atoms with Crippen molar-refractivity contribution in [2.24, 2.45) is 11.8 Å². The topological polar surface area (TPSA) is 44.4 Å². The summed E-state index contributed by atoms with van der Waals surface area (Å²) in [5.41, 5.74) is 3.29. The summed E-state index contributed by atoms with van der Waals surface area (Å²) in [6.07, 6.45) is 3.06. The molecule has 1 fully saturated rings. The van der Waals surface area contributed by atoms with Crippen LogP contribution in [-0.4, -0.2) is 38.0 Å². The Hall–Kier alpha value is -0.810. The van der Waals surface area contributed by atoms with Gasteiger partial charge in [0, 0.05) is 18.7 Å². The number of carbonyl (C=O) groups excluding carboxylic acids is 1. The number of hydrogen-bond donors (Lipinski definition) is 2. The average molecular weight is 390 g/mol. The van der Waals surface area contributed by atoms with Crippen LogP contribution in [0.3, 0.4) is 0 Å². The summed E-state index contributed by atoms with van der Waals surface area (Å²) in [6.45, 7) is 7.29. The molecule has 1 aliphatic rings. The lowest BCUT2D eigenvalue weighted by molar-refractivity contribution is -0.117. The third kappa shape index (κ3) is 7.95. The molecule has 1 heterocycles. The van der Waals surface area contributed by atoms with E-state index in [1.165, 1.54) is 18.4 Å². The lowest BCUT2D eigenvalue weighted by Crippen LogP contribution is -2.34. The number of hydrogen-bond acceptors (Lipinski definition) is 3. The maximum Gasteiger partial charge on any atom is 0.224 e. The highest BCUT2D eigenvalue weighted by atomic mass is 35.5. The molecule has 2 unspecified atom stereocenters. The minimum absolute atomic E-state index is 0. The van der Waals surface area contributed by atoms with E-state index in [1.54, 1.807) is 0 Å². The second-order valence-corrected chi connectivity index (χ2v) is 7.22. The summed E-state index contributed by atoms with van der Waals surface area (Å²) in [5, 5.41) is 6.55. The molecule has 1 saturated heterocycles. The van der Waals surface area contributed by atoms with E-state index in [0.717, 1.165) is 30.9 Å². The van der Waals surface area contributed by atoms with Crippen molar-refractivity contribution in [3.05, 3.63) is 29.3 Å². The zero-order valence-electron chi connectivity index (χ0n) is 15.8. The molecular formula is C19H33Cl2N3O. The Balaban J connectivity index is 0.00000288. The van der Waals surface area contributed by atoms with Crippen molar-refractivity contribution in [1.29, 1.82) is 0 Å². The lowest BCUT2D eigenvalue weighted by Gasteiger charge is -2.28. The molecular weight excluding hydrogens is 357 g/mol. The molecule has 0 spiro atoms. The zero-order chi connectivity index (χ0) is 16.8. The van der Waals surface area contributed by atoms with E-state index in [4.69, 9.17) is 0 Å². The van der Waals surface area contributed by atoms with Gasteiger partial charge in [0.1, 0.15) is 0 Å². The van der Waals surface area contributed by atoms with E-state index in [9.17, 15) is 4.79 Å². The van der Waals surface area contributed by atoms with Gasteiger partial charge in [-0.3, -0.25) is 4.79 Å². The minimum atomic E-state index is 0. The fourth-order valence-electron chi connectivity index (χ4n) is 3.29. The third-order valence-electron chi connectivity index (χ3n) is 4.72. The van der Waals surface area contributed by atoms with E-state index >= 15 is 0 Å². The Labute approximate surface area is 164 Å².